The Labute approximate surface area is 192 Å². The predicted octanol–water partition coefficient (Wildman–Crippen LogP) is 11.0. The van der Waals surface area contributed by atoms with Gasteiger partial charge in [0.25, 0.3) is 0 Å². The van der Waals surface area contributed by atoms with Crippen molar-refractivity contribution in [1.29, 1.82) is 0 Å². The smallest absolute Gasteiger partial charge is 0.00886 e. The van der Waals surface area contributed by atoms with Crippen molar-refractivity contribution in [3.05, 3.63) is 0 Å². The molecule has 0 rings (SSSR count). The van der Waals surface area contributed by atoms with E-state index in [2.05, 4.69) is 32.6 Å². The van der Waals surface area contributed by atoms with Crippen LogP contribution in [-0.2, 0) is 0 Å². The minimum atomic E-state index is 1.01. The van der Waals surface area contributed by atoms with Gasteiger partial charge in [0.15, 0.2) is 0 Å². The summed E-state index contributed by atoms with van der Waals surface area (Å²) in [6.45, 7) is 6.95. The van der Waals surface area contributed by atoms with E-state index >= 15 is 0 Å². The molecule has 0 spiro atoms. The summed E-state index contributed by atoms with van der Waals surface area (Å²) < 4.78 is 0. The Balaban J connectivity index is 3.28. The number of unbranched alkanes of at least 4 members (excludes halogenated alkanes) is 18. The minimum absolute atomic E-state index is 1.01. The van der Waals surface area contributed by atoms with Crippen molar-refractivity contribution < 1.29 is 0 Å². The van der Waals surface area contributed by atoms with E-state index in [1.807, 2.05) is 0 Å². The zero-order valence-electron chi connectivity index (χ0n) is 21.5. The molecule has 178 valence electrons. The zero-order chi connectivity index (χ0) is 22.0. The second-order valence-electron chi connectivity index (χ2n) is 9.72. The highest BCUT2D eigenvalue weighted by molar-refractivity contribution is 4.98. The quantitative estimate of drug-likeness (QED) is 0.114. The van der Waals surface area contributed by atoms with Crippen LogP contribution in [0.15, 0.2) is 0 Å². The summed E-state index contributed by atoms with van der Waals surface area (Å²) in [6, 6.07) is 0. The van der Waals surface area contributed by atoms with Crippen LogP contribution in [-0.4, -0.2) is 0 Å². The molecule has 1 atom stereocenters. The fourth-order valence-corrected chi connectivity index (χ4v) is 4.45. The van der Waals surface area contributed by atoms with Crippen LogP contribution in [0.1, 0.15) is 175 Å². The first kappa shape index (κ1) is 29.6. The third-order valence-electron chi connectivity index (χ3n) is 6.74. The second-order valence-corrected chi connectivity index (χ2v) is 9.72. The molecule has 0 saturated heterocycles. The topological polar surface area (TPSA) is 0 Å². The first-order valence-corrected chi connectivity index (χ1v) is 14.3. The van der Waals surface area contributed by atoms with Crippen molar-refractivity contribution in [3.63, 3.8) is 0 Å². The number of hydrogen-bond donors (Lipinski definition) is 0. The first-order chi connectivity index (χ1) is 14.8. The molecule has 0 aromatic carbocycles. The summed E-state index contributed by atoms with van der Waals surface area (Å²) in [5.41, 5.74) is 0. The third kappa shape index (κ3) is 23.8. The molecule has 0 saturated carbocycles. The van der Waals surface area contributed by atoms with E-state index in [4.69, 9.17) is 0 Å². The first-order valence-electron chi connectivity index (χ1n) is 14.3. The Kier molecular flexibility index (Phi) is 26.2. The Bertz CT molecular complexity index is 358. The van der Waals surface area contributed by atoms with Crippen molar-refractivity contribution in [2.24, 2.45) is 5.92 Å². The van der Waals surface area contributed by atoms with Gasteiger partial charge < -0.3 is 0 Å². The van der Waals surface area contributed by atoms with Crippen molar-refractivity contribution in [1.82, 2.24) is 0 Å². The second kappa shape index (κ2) is 26.6. The molecule has 0 fully saturated rings. The lowest BCUT2D eigenvalue weighted by Gasteiger charge is -2.14. The van der Waals surface area contributed by atoms with E-state index in [0.717, 1.165) is 18.8 Å². The fourth-order valence-electron chi connectivity index (χ4n) is 4.45. The lowest BCUT2D eigenvalue weighted by molar-refractivity contribution is 0.392. The molecule has 0 nitrogen and oxygen atoms in total. The van der Waals surface area contributed by atoms with Gasteiger partial charge in [-0.15, -0.1) is 11.8 Å². The maximum atomic E-state index is 3.34. The van der Waals surface area contributed by atoms with E-state index in [0.29, 0.717) is 0 Å². The van der Waals surface area contributed by atoms with Gasteiger partial charge in [-0.3, -0.25) is 0 Å². The summed E-state index contributed by atoms with van der Waals surface area (Å²) in [6.07, 6.45) is 33.7. The minimum Gasteiger partial charge on any atom is -0.103 e. The summed E-state index contributed by atoms with van der Waals surface area (Å²) in [5, 5.41) is 0. The van der Waals surface area contributed by atoms with Gasteiger partial charge in [0.05, 0.1) is 0 Å². The van der Waals surface area contributed by atoms with Crippen LogP contribution < -0.4 is 0 Å². The SMILES string of the molecule is CCCCC#CCCCCCCCCCCCCC(CC)CCCCCCCCC. The maximum absolute atomic E-state index is 3.34. The molecular formula is C30H58. The standard InChI is InChI=1S/C30H58/c1-4-7-9-11-13-14-15-16-17-18-19-20-21-23-25-27-29-30(6-3)28-26-24-22-12-10-8-5-2/h30H,4-10,12,14-29H2,1-3H3. The summed E-state index contributed by atoms with van der Waals surface area (Å²) in [5.74, 6) is 7.65. The monoisotopic (exact) mass is 418 g/mol. The van der Waals surface area contributed by atoms with E-state index < -0.39 is 0 Å². The van der Waals surface area contributed by atoms with Crippen LogP contribution in [0.4, 0.5) is 0 Å². The van der Waals surface area contributed by atoms with Crippen LogP contribution in [0.2, 0.25) is 0 Å². The Morgan fingerprint density at radius 2 is 0.767 bits per heavy atom. The van der Waals surface area contributed by atoms with Crippen molar-refractivity contribution in [3.8, 4) is 11.8 Å². The average molecular weight is 419 g/mol. The molecule has 30 heavy (non-hydrogen) atoms. The van der Waals surface area contributed by atoms with Gasteiger partial charge >= 0.3 is 0 Å². The van der Waals surface area contributed by atoms with Crippen LogP contribution in [0.3, 0.4) is 0 Å². The molecule has 0 heteroatoms. The highest BCUT2D eigenvalue weighted by Crippen LogP contribution is 2.22. The molecular weight excluding hydrogens is 360 g/mol. The number of hydrogen-bond acceptors (Lipinski definition) is 0. The predicted molar refractivity (Wildman–Crippen MR) is 139 cm³/mol. The van der Waals surface area contributed by atoms with Crippen LogP contribution in [0.5, 0.6) is 0 Å². The maximum Gasteiger partial charge on any atom is 0.00886 e. The molecule has 0 heterocycles. The molecule has 0 aliphatic carbocycles. The number of rotatable bonds is 23. The average Bonchev–Trinajstić information content (AvgIpc) is 2.76. The molecule has 0 N–H and O–H groups in total. The van der Waals surface area contributed by atoms with E-state index in [1.165, 1.54) is 141 Å². The zero-order valence-corrected chi connectivity index (χ0v) is 21.5. The van der Waals surface area contributed by atoms with Gasteiger partial charge in [0, 0.05) is 12.8 Å². The van der Waals surface area contributed by atoms with Crippen molar-refractivity contribution in [2.45, 2.75) is 175 Å². The molecule has 0 aliphatic rings. The lowest BCUT2D eigenvalue weighted by atomic mass is 9.92. The van der Waals surface area contributed by atoms with E-state index in [-0.39, 0.29) is 0 Å². The highest BCUT2D eigenvalue weighted by Gasteiger charge is 2.05. The van der Waals surface area contributed by atoms with E-state index in [1.54, 1.807) is 0 Å². The Hall–Kier alpha value is -0.440. The van der Waals surface area contributed by atoms with Crippen molar-refractivity contribution in [2.75, 3.05) is 0 Å². The summed E-state index contributed by atoms with van der Waals surface area (Å²) >= 11 is 0. The molecule has 0 aromatic rings. The van der Waals surface area contributed by atoms with Gasteiger partial charge in [-0.1, -0.05) is 149 Å². The highest BCUT2D eigenvalue weighted by atomic mass is 14.1. The molecule has 0 aliphatic heterocycles. The van der Waals surface area contributed by atoms with E-state index in [9.17, 15) is 0 Å². The molecule has 0 amide bonds. The molecule has 0 bridgehead atoms. The summed E-state index contributed by atoms with van der Waals surface area (Å²) in [4.78, 5) is 0. The Morgan fingerprint density at radius 1 is 0.400 bits per heavy atom. The normalized spacial score (nSPS) is 12.0. The summed E-state index contributed by atoms with van der Waals surface area (Å²) in [7, 11) is 0. The molecule has 0 aromatic heterocycles. The van der Waals surface area contributed by atoms with Gasteiger partial charge in [0.2, 0.25) is 0 Å². The van der Waals surface area contributed by atoms with Gasteiger partial charge in [-0.25, -0.2) is 0 Å². The van der Waals surface area contributed by atoms with Gasteiger partial charge in [-0.05, 0) is 18.8 Å². The van der Waals surface area contributed by atoms with Gasteiger partial charge in [-0.2, -0.15) is 0 Å². The largest absolute Gasteiger partial charge is 0.103 e. The lowest BCUT2D eigenvalue weighted by Crippen LogP contribution is -1.99. The van der Waals surface area contributed by atoms with Crippen LogP contribution >= 0.6 is 0 Å². The van der Waals surface area contributed by atoms with Crippen LogP contribution in [0, 0.1) is 17.8 Å². The molecule has 0 radical (unpaired) electrons. The Morgan fingerprint density at radius 3 is 1.20 bits per heavy atom. The fraction of sp³-hybridized carbons (Fsp3) is 0.933. The molecule has 1 unspecified atom stereocenters. The van der Waals surface area contributed by atoms with Crippen molar-refractivity contribution >= 4 is 0 Å². The van der Waals surface area contributed by atoms with Gasteiger partial charge in [0.1, 0.15) is 0 Å². The van der Waals surface area contributed by atoms with Crippen LogP contribution in [0.25, 0.3) is 0 Å². The third-order valence-corrected chi connectivity index (χ3v) is 6.74.